The highest BCUT2D eigenvalue weighted by atomic mass is 16.2. The fourth-order valence-corrected chi connectivity index (χ4v) is 3.79. The van der Waals surface area contributed by atoms with Gasteiger partial charge in [0.15, 0.2) is 0 Å². The topological polar surface area (TPSA) is 49.4 Å². The van der Waals surface area contributed by atoms with Crippen LogP contribution in [0.2, 0.25) is 0 Å². The summed E-state index contributed by atoms with van der Waals surface area (Å²) in [6.45, 7) is 4.77. The van der Waals surface area contributed by atoms with E-state index in [1.807, 2.05) is 4.90 Å². The summed E-state index contributed by atoms with van der Waals surface area (Å²) < 4.78 is 0. The van der Waals surface area contributed by atoms with Gasteiger partial charge in [0.05, 0.1) is 0 Å². The maximum Gasteiger partial charge on any atom is 0.246 e. The molecule has 1 unspecified atom stereocenters. The third-order valence-electron chi connectivity index (χ3n) is 5.09. The Bertz CT molecular complexity index is 375. The molecule has 0 aromatic heterocycles. The van der Waals surface area contributed by atoms with Gasteiger partial charge in [0.1, 0.15) is 11.6 Å². The molecule has 2 aliphatic rings. The van der Waals surface area contributed by atoms with Crippen LogP contribution >= 0.6 is 0 Å². The Morgan fingerprint density at radius 1 is 1.10 bits per heavy atom. The fraction of sp³-hybridized carbons (Fsp3) is 0.882. The van der Waals surface area contributed by atoms with Crippen LogP contribution in [0.15, 0.2) is 0 Å². The Balaban J connectivity index is 1.92. The second-order valence-electron chi connectivity index (χ2n) is 6.69. The molecule has 2 amide bonds. The van der Waals surface area contributed by atoms with Crippen LogP contribution in [-0.4, -0.2) is 34.8 Å². The number of rotatable bonds is 7. The number of piperazine rings is 1. The maximum atomic E-state index is 12.5. The first-order valence-electron chi connectivity index (χ1n) is 8.74. The molecule has 1 aliphatic heterocycles. The van der Waals surface area contributed by atoms with E-state index >= 15 is 0 Å². The van der Waals surface area contributed by atoms with Gasteiger partial charge in [0.25, 0.3) is 0 Å². The normalized spacial score (nSPS) is 24.7. The Labute approximate surface area is 128 Å². The van der Waals surface area contributed by atoms with E-state index in [0.29, 0.717) is 0 Å². The number of nitrogens with zero attached hydrogens (tertiary/aromatic N) is 1. The van der Waals surface area contributed by atoms with E-state index in [4.69, 9.17) is 0 Å². The minimum absolute atomic E-state index is 0.0816. The number of unbranched alkanes of at least 4 members (excludes halogenated alkanes) is 5. The summed E-state index contributed by atoms with van der Waals surface area (Å²) in [6, 6.07) is -0.358. The first kappa shape index (κ1) is 16.3. The first-order chi connectivity index (χ1) is 10.1. The van der Waals surface area contributed by atoms with Crippen molar-refractivity contribution < 1.29 is 9.59 Å². The van der Waals surface area contributed by atoms with E-state index in [9.17, 15) is 9.59 Å². The van der Waals surface area contributed by atoms with Gasteiger partial charge >= 0.3 is 0 Å². The van der Waals surface area contributed by atoms with E-state index in [0.717, 1.165) is 45.1 Å². The lowest BCUT2D eigenvalue weighted by atomic mass is 9.89. The molecule has 2 fully saturated rings. The minimum Gasteiger partial charge on any atom is -0.343 e. The molecule has 1 aliphatic carbocycles. The zero-order valence-corrected chi connectivity index (χ0v) is 13.6. The number of carbonyl (C=O) groups is 2. The summed E-state index contributed by atoms with van der Waals surface area (Å²) in [5.41, 5.74) is -0.521. The second kappa shape index (κ2) is 7.28. The minimum atomic E-state index is -0.521. The van der Waals surface area contributed by atoms with Gasteiger partial charge < -0.3 is 10.2 Å². The molecule has 1 spiro atoms. The molecule has 0 aromatic rings. The lowest BCUT2D eigenvalue weighted by Crippen LogP contribution is -2.69. The number of carbonyl (C=O) groups excluding carboxylic acids is 2. The molecule has 4 heteroatoms. The summed E-state index contributed by atoms with van der Waals surface area (Å²) in [7, 11) is 0. The van der Waals surface area contributed by atoms with E-state index in [1.54, 1.807) is 6.92 Å². The van der Waals surface area contributed by atoms with Crippen molar-refractivity contribution in [3.63, 3.8) is 0 Å². The van der Waals surface area contributed by atoms with E-state index in [-0.39, 0.29) is 17.9 Å². The van der Waals surface area contributed by atoms with Gasteiger partial charge in [-0.1, -0.05) is 51.9 Å². The predicted molar refractivity (Wildman–Crippen MR) is 83.9 cm³/mol. The predicted octanol–water partition coefficient (Wildman–Crippen LogP) is 3.01. The summed E-state index contributed by atoms with van der Waals surface area (Å²) >= 11 is 0. The molecule has 4 nitrogen and oxygen atoms in total. The molecule has 1 atom stereocenters. The van der Waals surface area contributed by atoms with Crippen molar-refractivity contribution in [3.05, 3.63) is 0 Å². The Morgan fingerprint density at radius 3 is 2.38 bits per heavy atom. The molecule has 0 bridgehead atoms. The monoisotopic (exact) mass is 294 g/mol. The van der Waals surface area contributed by atoms with Crippen LogP contribution in [0, 0.1) is 0 Å². The van der Waals surface area contributed by atoms with Crippen molar-refractivity contribution in [1.29, 1.82) is 0 Å². The number of nitrogens with one attached hydrogen (secondary N) is 1. The van der Waals surface area contributed by atoms with Gasteiger partial charge in [0.2, 0.25) is 11.8 Å². The van der Waals surface area contributed by atoms with Crippen LogP contribution in [0.25, 0.3) is 0 Å². The third-order valence-corrected chi connectivity index (χ3v) is 5.09. The van der Waals surface area contributed by atoms with Crippen molar-refractivity contribution >= 4 is 11.8 Å². The van der Waals surface area contributed by atoms with Gasteiger partial charge in [-0.15, -0.1) is 0 Å². The number of amides is 2. The highest BCUT2D eigenvalue weighted by Gasteiger charge is 2.52. The SMILES string of the molecule is CCCCCCCCN1C(=O)C(C)NC(=O)C12CCCC2. The summed E-state index contributed by atoms with van der Waals surface area (Å²) in [6.07, 6.45) is 11.1. The molecular weight excluding hydrogens is 264 g/mol. The quantitative estimate of drug-likeness (QED) is 0.734. The average Bonchev–Trinajstić information content (AvgIpc) is 2.95. The van der Waals surface area contributed by atoms with Crippen LogP contribution in [0.3, 0.4) is 0 Å². The molecule has 21 heavy (non-hydrogen) atoms. The Kier molecular flexibility index (Phi) is 5.65. The molecule has 1 N–H and O–H groups in total. The van der Waals surface area contributed by atoms with Crippen LogP contribution in [0.5, 0.6) is 0 Å². The average molecular weight is 294 g/mol. The highest BCUT2D eigenvalue weighted by molar-refractivity contribution is 5.99. The van der Waals surface area contributed by atoms with Gasteiger partial charge in [-0.25, -0.2) is 0 Å². The first-order valence-corrected chi connectivity index (χ1v) is 8.74. The summed E-state index contributed by atoms with van der Waals surface area (Å²) in [4.78, 5) is 26.9. The highest BCUT2D eigenvalue weighted by Crippen LogP contribution is 2.38. The second-order valence-corrected chi connectivity index (χ2v) is 6.69. The lowest BCUT2D eigenvalue weighted by molar-refractivity contribution is -0.156. The van der Waals surface area contributed by atoms with Gasteiger partial charge in [0, 0.05) is 6.54 Å². The zero-order valence-electron chi connectivity index (χ0n) is 13.6. The zero-order chi connectivity index (χ0) is 15.3. The Morgan fingerprint density at radius 2 is 1.71 bits per heavy atom. The standard InChI is InChI=1S/C17H30N2O2/c1-3-4-5-6-7-10-13-19-15(20)14(2)18-16(21)17(19)11-8-9-12-17/h14H,3-13H2,1-2H3,(H,18,21). The third kappa shape index (κ3) is 3.41. The maximum absolute atomic E-state index is 12.5. The van der Waals surface area contributed by atoms with E-state index in [2.05, 4.69) is 12.2 Å². The van der Waals surface area contributed by atoms with E-state index in [1.165, 1.54) is 25.7 Å². The molecule has 0 aromatic carbocycles. The van der Waals surface area contributed by atoms with Crippen molar-refractivity contribution in [2.45, 2.75) is 89.6 Å². The largest absolute Gasteiger partial charge is 0.343 e. The number of hydrogen-bond donors (Lipinski definition) is 1. The van der Waals surface area contributed by atoms with Crippen molar-refractivity contribution in [2.75, 3.05) is 6.54 Å². The number of hydrogen-bond acceptors (Lipinski definition) is 2. The molecular formula is C17H30N2O2. The molecule has 1 saturated carbocycles. The summed E-state index contributed by atoms with van der Waals surface area (Å²) in [5.74, 6) is 0.197. The molecule has 0 radical (unpaired) electrons. The van der Waals surface area contributed by atoms with Gasteiger partial charge in [-0.2, -0.15) is 0 Å². The Hall–Kier alpha value is -1.06. The molecule has 2 rings (SSSR count). The van der Waals surface area contributed by atoms with Crippen LogP contribution in [-0.2, 0) is 9.59 Å². The van der Waals surface area contributed by atoms with E-state index < -0.39 is 5.54 Å². The van der Waals surface area contributed by atoms with Crippen molar-refractivity contribution in [2.24, 2.45) is 0 Å². The lowest BCUT2D eigenvalue weighted by Gasteiger charge is -2.45. The van der Waals surface area contributed by atoms with Crippen LogP contribution < -0.4 is 5.32 Å². The van der Waals surface area contributed by atoms with Crippen LogP contribution in [0.1, 0.15) is 78.1 Å². The molecule has 1 saturated heterocycles. The smallest absolute Gasteiger partial charge is 0.246 e. The summed E-state index contributed by atoms with van der Waals surface area (Å²) in [5, 5.41) is 2.88. The van der Waals surface area contributed by atoms with Crippen molar-refractivity contribution in [1.82, 2.24) is 10.2 Å². The molecule has 120 valence electrons. The van der Waals surface area contributed by atoms with Gasteiger partial charge in [-0.05, 0) is 26.2 Å². The van der Waals surface area contributed by atoms with Crippen LogP contribution in [0.4, 0.5) is 0 Å². The van der Waals surface area contributed by atoms with Gasteiger partial charge in [-0.3, -0.25) is 9.59 Å². The fourth-order valence-electron chi connectivity index (χ4n) is 3.79. The van der Waals surface area contributed by atoms with Crippen molar-refractivity contribution in [3.8, 4) is 0 Å². The molecule has 1 heterocycles.